The molecule has 10 rings (SSSR count). The van der Waals surface area contributed by atoms with E-state index in [1.165, 1.54) is 0 Å². The number of fused-ring (bicyclic) bond motifs is 4. The van der Waals surface area contributed by atoms with E-state index in [9.17, 15) is 0 Å². The number of benzene rings is 10. The molecule has 0 atom stereocenters. The fourth-order valence-electron chi connectivity index (χ4n) is 8.04. The summed E-state index contributed by atoms with van der Waals surface area (Å²) in [6.07, 6.45) is 0. The number of hydrogen-bond donors (Lipinski definition) is 0. The molecule has 1 heteroatoms. The highest BCUT2D eigenvalue weighted by Gasteiger charge is 2.21. The third-order valence-corrected chi connectivity index (χ3v) is 11.3. The van der Waals surface area contributed by atoms with Gasteiger partial charge in [0.1, 0.15) is 0 Å². The molecule has 0 radical (unpaired) electrons. The average Bonchev–Trinajstić information content (AvgIpc) is 3.32. The summed E-state index contributed by atoms with van der Waals surface area (Å²) in [5.41, 5.74) is 9.21. The zero-order valence-corrected chi connectivity index (χ0v) is 33.7. The molecule has 61 heavy (non-hydrogen) atoms. The maximum absolute atomic E-state index is 7.90. The van der Waals surface area contributed by atoms with E-state index in [1.54, 1.807) is 0 Å². The van der Waals surface area contributed by atoms with Crippen LogP contribution in [0.15, 0.2) is 200 Å². The van der Waals surface area contributed by atoms with Gasteiger partial charge in [0.25, 0.3) is 0 Å². The quantitative estimate of drug-likeness (QED) is 0.115. The van der Waals surface area contributed by atoms with Crippen LogP contribution in [0.5, 0.6) is 0 Å². The van der Waals surface area contributed by atoms with Crippen LogP contribution in [-0.2, 0) is 0 Å². The van der Waals surface area contributed by atoms with E-state index in [2.05, 4.69) is 126 Å². The maximum atomic E-state index is 7.90. The first-order valence-corrected chi connectivity index (χ1v) is 20.5. The Morgan fingerprint density at radius 3 is 0.984 bits per heavy atom. The van der Waals surface area contributed by atoms with Crippen molar-refractivity contribution >= 4 is 54.7 Å². The van der Waals surface area contributed by atoms with Gasteiger partial charge in [-0.2, -0.15) is 0 Å². The number of hydrogen-bond acceptors (Lipinski definition) is 0. The topological polar surface area (TPSA) is 0 Å². The van der Waals surface area contributed by atoms with Gasteiger partial charge in [-0.25, -0.2) is 0 Å². The van der Waals surface area contributed by atoms with Crippen LogP contribution < -0.4 is 0 Å². The molecule has 0 aliphatic heterocycles. The molecule has 0 amide bonds. The molecule has 0 unspecified atom stereocenters. The van der Waals surface area contributed by atoms with Crippen molar-refractivity contribution < 1.29 is 0 Å². The van der Waals surface area contributed by atoms with Gasteiger partial charge < -0.3 is 0 Å². The normalized spacial score (nSPS) is 10.5. The Labute approximate surface area is 361 Å². The molecular formula is C60H33Cl. The fourth-order valence-corrected chi connectivity index (χ4v) is 8.40. The van der Waals surface area contributed by atoms with Gasteiger partial charge in [-0.15, -0.1) is 0 Å². The van der Waals surface area contributed by atoms with Gasteiger partial charge in [-0.1, -0.05) is 211 Å². The highest BCUT2D eigenvalue weighted by molar-refractivity contribution is 6.40. The summed E-state index contributed by atoms with van der Waals surface area (Å²) < 4.78 is 0. The van der Waals surface area contributed by atoms with E-state index in [4.69, 9.17) is 11.6 Å². The zero-order chi connectivity index (χ0) is 41.0. The average molecular weight is 789 g/mol. The lowest BCUT2D eigenvalue weighted by molar-refractivity contribution is 1.63. The van der Waals surface area contributed by atoms with Gasteiger partial charge >= 0.3 is 0 Å². The zero-order valence-electron chi connectivity index (χ0n) is 32.9. The Bertz CT molecular complexity index is 3580. The lowest BCUT2D eigenvalue weighted by Crippen LogP contribution is -1.96. The molecule has 0 heterocycles. The van der Waals surface area contributed by atoms with Crippen molar-refractivity contribution in [2.24, 2.45) is 0 Å². The third-order valence-electron chi connectivity index (χ3n) is 10.9. The van der Waals surface area contributed by atoms with E-state index >= 15 is 0 Å². The Hall–Kier alpha value is -8.23. The van der Waals surface area contributed by atoms with Gasteiger partial charge in [0.05, 0.1) is 5.02 Å². The van der Waals surface area contributed by atoms with Gasteiger partial charge in [-0.3, -0.25) is 0 Å². The molecule has 0 saturated carbocycles. The minimum atomic E-state index is 0.600. The Morgan fingerprint density at radius 1 is 0.230 bits per heavy atom. The first-order valence-electron chi connectivity index (χ1n) is 20.1. The summed E-state index contributed by atoms with van der Waals surface area (Å²) in [5.74, 6) is 28.3. The lowest BCUT2D eigenvalue weighted by atomic mass is 9.85. The van der Waals surface area contributed by atoms with Crippen molar-refractivity contribution in [1.82, 2.24) is 0 Å². The monoisotopic (exact) mass is 788 g/mol. The molecule has 0 saturated heterocycles. The van der Waals surface area contributed by atoms with Gasteiger partial charge in [0, 0.05) is 66.2 Å². The van der Waals surface area contributed by atoms with Crippen molar-refractivity contribution in [2.45, 2.75) is 0 Å². The first kappa shape index (κ1) is 37.1. The minimum Gasteiger partial charge on any atom is -0.0829 e. The minimum absolute atomic E-state index is 0.600. The van der Waals surface area contributed by atoms with E-state index in [-0.39, 0.29) is 0 Å². The summed E-state index contributed by atoms with van der Waals surface area (Å²) in [5, 5.41) is 8.49. The smallest absolute Gasteiger partial charge is 0.0576 e. The molecule has 0 aliphatic rings. The molecule has 0 aliphatic carbocycles. The molecule has 280 valence electrons. The molecule has 0 N–H and O–H groups in total. The fraction of sp³-hybridized carbons (Fsp3) is 0. The largest absolute Gasteiger partial charge is 0.0829 e. The van der Waals surface area contributed by atoms with Crippen LogP contribution in [0.25, 0.3) is 54.2 Å². The summed E-state index contributed by atoms with van der Waals surface area (Å²) in [6.45, 7) is 0. The van der Waals surface area contributed by atoms with Crippen LogP contribution in [0, 0.1) is 47.4 Å². The summed E-state index contributed by atoms with van der Waals surface area (Å²) in [6, 6.07) is 67.9. The van der Waals surface area contributed by atoms with Crippen molar-refractivity contribution in [1.29, 1.82) is 0 Å². The molecule has 10 aromatic carbocycles. The van der Waals surface area contributed by atoms with Crippen LogP contribution in [0.4, 0.5) is 0 Å². The molecule has 0 aromatic heterocycles. The summed E-state index contributed by atoms with van der Waals surface area (Å²) in [7, 11) is 0. The van der Waals surface area contributed by atoms with E-state index in [0.717, 1.165) is 98.7 Å². The molecular weight excluding hydrogens is 756 g/mol. The molecule has 10 aromatic rings. The second-order valence-electron chi connectivity index (χ2n) is 14.6. The highest BCUT2D eigenvalue weighted by atomic mass is 35.5. The van der Waals surface area contributed by atoms with Crippen molar-refractivity contribution in [3.05, 3.63) is 250 Å². The second kappa shape index (κ2) is 16.6. The maximum Gasteiger partial charge on any atom is 0.0576 e. The summed E-state index contributed by atoms with van der Waals surface area (Å²) in [4.78, 5) is 0. The third kappa shape index (κ3) is 7.27. The Morgan fingerprint density at radius 2 is 0.557 bits per heavy atom. The lowest BCUT2D eigenvalue weighted by Gasteiger charge is -2.18. The van der Waals surface area contributed by atoms with E-state index in [1.807, 2.05) is 121 Å². The van der Waals surface area contributed by atoms with Gasteiger partial charge in [-0.05, 0) is 81.0 Å². The SMILES string of the molecule is Clc1c(-c2cccc3c(C#Cc4ccccc4)c4ccccc4c(C#Cc4ccccc4)c23)ccc2c(C#Cc3ccccc3)c3ccccc3c(C#Cc3ccccc3)c12. The van der Waals surface area contributed by atoms with Crippen LogP contribution in [0.3, 0.4) is 0 Å². The van der Waals surface area contributed by atoms with Crippen LogP contribution in [0.1, 0.15) is 44.5 Å². The van der Waals surface area contributed by atoms with Crippen LogP contribution in [-0.4, -0.2) is 0 Å². The van der Waals surface area contributed by atoms with Gasteiger partial charge in [0.15, 0.2) is 0 Å². The molecule has 0 fully saturated rings. The molecule has 0 bridgehead atoms. The van der Waals surface area contributed by atoms with Crippen LogP contribution in [0.2, 0.25) is 5.02 Å². The number of rotatable bonds is 1. The van der Waals surface area contributed by atoms with Crippen molar-refractivity contribution in [2.75, 3.05) is 0 Å². The molecule has 0 spiro atoms. The van der Waals surface area contributed by atoms with Crippen molar-refractivity contribution in [3.63, 3.8) is 0 Å². The first-order chi connectivity index (χ1) is 30.2. The highest BCUT2D eigenvalue weighted by Crippen LogP contribution is 2.45. The predicted molar refractivity (Wildman–Crippen MR) is 257 cm³/mol. The Kier molecular flexibility index (Phi) is 10.1. The van der Waals surface area contributed by atoms with E-state index < -0.39 is 0 Å². The number of halogens is 1. The second-order valence-corrected chi connectivity index (χ2v) is 15.0. The van der Waals surface area contributed by atoms with Crippen molar-refractivity contribution in [3.8, 4) is 58.5 Å². The standard InChI is InChI=1S/C60H33Cl/c61-60-57(41-40-56-51(37-33-43-20-7-2-8-21-43)47-27-14-16-29-49(47)55(59(56)60)39-35-45-24-11-4-12-25-45)53-31-17-30-52-50(36-32-42-18-5-1-6-19-42)46-26-13-15-28-48(46)54(58(52)53)38-34-44-22-9-3-10-23-44/h1-31,40-41H. The Balaban J connectivity index is 1.31. The van der Waals surface area contributed by atoms with E-state index in [0.29, 0.717) is 5.02 Å². The summed E-state index contributed by atoms with van der Waals surface area (Å²) >= 11 is 7.90. The van der Waals surface area contributed by atoms with Crippen LogP contribution >= 0.6 is 11.6 Å². The predicted octanol–water partition coefficient (Wildman–Crippen LogP) is 14.2. The molecule has 0 nitrogen and oxygen atoms in total. The van der Waals surface area contributed by atoms with Gasteiger partial charge in [0.2, 0.25) is 0 Å².